The summed E-state index contributed by atoms with van der Waals surface area (Å²) in [6.45, 7) is 17.3. The van der Waals surface area contributed by atoms with E-state index >= 15 is 0 Å². The van der Waals surface area contributed by atoms with Crippen LogP contribution in [0.2, 0.25) is 0 Å². The van der Waals surface area contributed by atoms with E-state index in [1.165, 1.54) is 44.5 Å². The molecule has 2 aliphatic rings. The summed E-state index contributed by atoms with van der Waals surface area (Å²) in [6.07, 6.45) is 1.87. The van der Waals surface area contributed by atoms with Gasteiger partial charge in [0.05, 0.1) is 22.8 Å². The van der Waals surface area contributed by atoms with Gasteiger partial charge in [0.1, 0.15) is 0 Å². The van der Waals surface area contributed by atoms with E-state index in [0.29, 0.717) is 0 Å². The molecule has 1 radical (unpaired) electrons. The Kier molecular flexibility index (Phi) is 6.70. The molecule has 2 aliphatic heterocycles. The fourth-order valence-electron chi connectivity index (χ4n) is 5.11. The number of fused-ring (bicyclic) bond motifs is 8. The molecule has 183 valence electrons. The van der Waals surface area contributed by atoms with Crippen LogP contribution in [0.1, 0.15) is 85.6 Å². The molecule has 0 aliphatic carbocycles. The van der Waals surface area contributed by atoms with E-state index in [0.717, 1.165) is 57.7 Å². The maximum atomic E-state index is 5.07. The van der Waals surface area contributed by atoms with E-state index in [2.05, 4.69) is 79.7 Å². The van der Waals surface area contributed by atoms with Crippen LogP contribution in [0.25, 0.3) is 44.4 Å². The van der Waals surface area contributed by atoms with E-state index in [9.17, 15) is 0 Å². The number of aromatic nitrogens is 4. The summed E-state index contributed by atoms with van der Waals surface area (Å²) in [5, 5.41) is 0. The summed E-state index contributed by atoms with van der Waals surface area (Å²) < 4.78 is 0. The molecule has 35 heavy (non-hydrogen) atoms. The molecule has 3 aromatic rings. The molecule has 0 saturated carbocycles. The van der Waals surface area contributed by atoms with Gasteiger partial charge in [-0.15, -0.1) is 22.1 Å². The van der Waals surface area contributed by atoms with Crippen LogP contribution in [-0.2, 0) is 17.1 Å². The molecule has 8 bridgehead atoms. The standard InChI is InChI=1S/C30H32N4.Cu/c1-9-21-19(7)27-12-25-17(5)15(3)23(31-25)11-24-16(4)18(6)26(32-24)13-28-20(8)22(10-2)30(34-28)14-29(21)33-27;/h11-14H,9-10H2,1-8H3;/q-2;+2. The Morgan fingerprint density at radius 1 is 0.514 bits per heavy atom. The number of allylic oxidation sites excluding steroid dienone is 4. The first kappa shape index (κ1) is 25.2. The molecular formula is C30H32CuN4. The van der Waals surface area contributed by atoms with E-state index in [-0.39, 0.29) is 17.1 Å². The minimum Gasteiger partial charge on any atom is -0.657 e. The number of hydrogen-bond donors (Lipinski definition) is 0. The molecule has 0 unspecified atom stereocenters. The van der Waals surface area contributed by atoms with Gasteiger partial charge < -0.3 is 9.97 Å². The molecule has 4 nitrogen and oxygen atoms in total. The molecular weight excluding hydrogens is 480 g/mol. The van der Waals surface area contributed by atoms with E-state index in [1.807, 2.05) is 0 Å². The van der Waals surface area contributed by atoms with Crippen molar-refractivity contribution in [3.05, 3.63) is 69.3 Å². The summed E-state index contributed by atoms with van der Waals surface area (Å²) in [5.74, 6) is 0. The third kappa shape index (κ3) is 4.01. The van der Waals surface area contributed by atoms with Crippen molar-refractivity contribution in [1.29, 1.82) is 0 Å². The van der Waals surface area contributed by atoms with Crippen molar-refractivity contribution in [3.63, 3.8) is 0 Å². The average molecular weight is 512 g/mol. The molecule has 0 aromatic carbocycles. The van der Waals surface area contributed by atoms with Crippen molar-refractivity contribution in [2.45, 2.75) is 68.2 Å². The van der Waals surface area contributed by atoms with Crippen LogP contribution >= 0.6 is 0 Å². The summed E-state index contributed by atoms with van der Waals surface area (Å²) >= 11 is 0. The van der Waals surface area contributed by atoms with Gasteiger partial charge in [-0.3, -0.25) is 0 Å². The molecule has 0 N–H and O–H groups in total. The van der Waals surface area contributed by atoms with Crippen LogP contribution in [0.4, 0.5) is 0 Å². The predicted octanol–water partition coefficient (Wildman–Crippen LogP) is 7.49. The second-order valence-electron chi connectivity index (χ2n) is 9.52. The Morgan fingerprint density at radius 2 is 0.857 bits per heavy atom. The molecule has 0 atom stereocenters. The molecule has 0 spiro atoms. The van der Waals surface area contributed by atoms with Crippen molar-refractivity contribution >= 4 is 44.4 Å². The molecule has 3 aromatic heterocycles. The molecule has 5 heteroatoms. The van der Waals surface area contributed by atoms with Crippen molar-refractivity contribution < 1.29 is 17.1 Å². The predicted molar refractivity (Wildman–Crippen MR) is 143 cm³/mol. The zero-order chi connectivity index (χ0) is 24.3. The van der Waals surface area contributed by atoms with Crippen molar-refractivity contribution in [1.82, 2.24) is 19.9 Å². The first-order chi connectivity index (χ1) is 16.2. The molecule has 0 amide bonds. The number of rotatable bonds is 2. The van der Waals surface area contributed by atoms with Crippen LogP contribution in [0.15, 0.2) is 24.3 Å². The van der Waals surface area contributed by atoms with E-state index < -0.39 is 0 Å². The van der Waals surface area contributed by atoms with Gasteiger partial charge in [0, 0.05) is 0 Å². The van der Waals surface area contributed by atoms with Gasteiger partial charge in [-0.1, -0.05) is 54.3 Å². The van der Waals surface area contributed by atoms with Gasteiger partial charge in [-0.2, -0.15) is 0 Å². The monoisotopic (exact) mass is 511 g/mol. The maximum absolute atomic E-state index is 5.07. The number of aryl methyl sites for hydroxylation is 4. The Labute approximate surface area is 218 Å². The summed E-state index contributed by atoms with van der Waals surface area (Å²) in [6, 6.07) is 8.59. The Morgan fingerprint density at radius 3 is 1.20 bits per heavy atom. The molecule has 0 saturated heterocycles. The molecule has 5 rings (SSSR count). The Balaban J connectivity index is 0.00000289. The quantitative estimate of drug-likeness (QED) is 0.334. The Bertz CT molecular complexity index is 1460. The zero-order valence-electron chi connectivity index (χ0n) is 21.8. The maximum Gasteiger partial charge on any atom is 2.00 e. The SMILES string of the molecule is CCC1=C(C)c2cc3[n-]c(cc4[n-]c(cc5nc(cc1n2)C(CC)=C5C)c(C)c4C)c(C)c3C.[Cu+2]. The smallest absolute Gasteiger partial charge is 0.657 e. The summed E-state index contributed by atoms with van der Waals surface area (Å²) in [4.78, 5) is 20.1. The summed E-state index contributed by atoms with van der Waals surface area (Å²) in [7, 11) is 0. The van der Waals surface area contributed by atoms with Crippen LogP contribution in [-0.4, -0.2) is 9.97 Å². The minimum absolute atomic E-state index is 0. The van der Waals surface area contributed by atoms with Crippen LogP contribution in [0.3, 0.4) is 0 Å². The van der Waals surface area contributed by atoms with Gasteiger partial charge >= 0.3 is 17.1 Å². The average Bonchev–Trinajstić information content (AvgIpc) is 3.45. The van der Waals surface area contributed by atoms with Gasteiger partial charge in [-0.25, -0.2) is 9.97 Å². The van der Waals surface area contributed by atoms with Gasteiger partial charge in [0.25, 0.3) is 0 Å². The minimum atomic E-state index is 0. The number of hydrogen-bond acceptors (Lipinski definition) is 2. The molecule has 5 heterocycles. The zero-order valence-corrected chi connectivity index (χ0v) is 22.8. The van der Waals surface area contributed by atoms with Gasteiger partial charge in [-0.05, 0) is 82.7 Å². The van der Waals surface area contributed by atoms with Crippen molar-refractivity contribution in [2.24, 2.45) is 0 Å². The fraction of sp³-hybridized carbons (Fsp3) is 0.333. The Hall–Kier alpha value is -2.88. The largest absolute Gasteiger partial charge is 2.00 e. The van der Waals surface area contributed by atoms with Crippen LogP contribution < -0.4 is 9.97 Å². The van der Waals surface area contributed by atoms with E-state index in [1.54, 1.807) is 0 Å². The first-order valence-corrected chi connectivity index (χ1v) is 12.2. The van der Waals surface area contributed by atoms with Gasteiger partial charge in [0.15, 0.2) is 0 Å². The van der Waals surface area contributed by atoms with E-state index in [4.69, 9.17) is 19.9 Å². The van der Waals surface area contributed by atoms with Gasteiger partial charge in [0.2, 0.25) is 0 Å². The molecule has 0 fully saturated rings. The second-order valence-corrected chi connectivity index (χ2v) is 9.52. The van der Waals surface area contributed by atoms with Crippen molar-refractivity contribution in [2.75, 3.05) is 0 Å². The van der Waals surface area contributed by atoms with Crippen LogP contribution in [0.5, 0.6) is 0 Å². The third-order valence-corrected chi connectivity index (χ3v) is 7.72. The van der Waals surface area contributed by atoms with Crippen LogP contribution in [0, 0.1) is 27.7 Å². The fourth-order valence-corrected chi connectivity index (χ4v) is 5.11. The number of nitrogens with zero attached hydrogens (tertiary/aromatic N) is 4. The normalized spacial score (nSPS) is 13.5. The third-order valence-electron chi connectivity index (χ3n) is 7.72. The summed E-state index contributed by atoms with van der Waals surface area (Å²) in [5.41, 5.74) is 17.8. The second kappa shape index (κ2) is 9.29. The first-order valence-electron chi connectivity index (χ1n) is 12.2. The topological polar surface area (TPSA) is 54.0 Å². The van der Waals surface area contributed by atoms with Crippen molar-refractivity contribution in [3.8, 4) is 0 Å².